The highest BCUT2D eigenvalue weighted by atomic mass is 16.6. The maximum atomic E-state index is 12.1. The minimum Gasteiger partial charge on any atom is -0.482 e. The van der Waals surface area contributed by atoms with Crippen LogP contribution in [0.5, 0.6) is 5.75 Å². The summed E-state index contributed by atoms with van der Waals surface area (Å²) in [6, 6.07) is 13.8. The first-order valence-electron chi connectivity index (χ1n) is 9.11. The predicted molar refractivity (Wildman–Crippen MR) is 106 cm³/mol. The molecule has 0 heterocycles. The lowest BCUT2D eigenvalue weighted by atomic mass is 10.1. The Balaban J connectivity index is 1.77. The summed E-state index contributed by atoms with van der Waals surface area (Å²) in [5.41, 5.74) is 2.03. The zero-order chi connectivity index (χ0) is 20.5. The van der Waals surface area contributed by atoms with E-state index in [1.807, 2.05) is 32.9 Å². The highest BCUT2D eigenvalue weighted by Crippen LogP contribution is 2.13. The van der Waals surface area contributed by atoms with E-state index >= 15 is 0 Å². The smallest absolute Gasteiger partial charge is 0.344 e. The first-order chi connectivity index (χ1) is 13.3. The zero-order valence-corrected chi connectivity index (χ0v) is 16.4. The Kier molecular flexibility index (Phi) is 7.75. The summed E-state index contributed by atoms with van der Waals surface area (Å²) in [5.74, 6) is -0.184. The van der Waals surface area contributed by atoms with E-state index in [0.29, 0.717) is 23.4 Å². The minimum atomic E-state index is -0.618. The van der Waals surface area contributed by atoms with Gasteiger partial charge in [-0.2, -0.15) is 0 Å². The number of Topliss-reactive ketones (excluding diaryl/α,β-unsaturated/α-hetero) is 1. The molecule has 28 heavy (non-hydrogen) atoms. The second-order valence-corrected chi connectivity index (χ2v) is 6.91. The van der Waals surface area contributed by atoms with Crippen molar-refractivity contribution in [2.24, 2.45) is 5.92 Å². The van der Waals surface area contributed by atoms with Crippen molar-refractivity contribution in [2.45, 2.75) is 27.2 Å². The molecular weight excluding hydrogens is 358 g/mol. The summed E-state index contributed by atoms with van der Waals surface area (Å²) >= 11 is 0. The highest BCUT2D eigenvalue weighted by molar-refractivity contribution is 5.98. The SMILES string of the molecule is Cc1cccc(OCC(=O)OCC(=O)c2ccc(NC(=O)CC(C)C)cc2)c1. The average Bonchev–Trinajstić information content (AvgIpc) is 2.64. The summed E-state index contributed by atoms with van der Waals surface area (Å²) in [4.78, 5) is 35.6. The van der Waals surface area contributed by atoms with Gasteiger partial charge >= 0.3 is 5.97 Å². The van der Waals surface area contributed by atoms with Gasteiger partial charge in [-0.1, -0.05) is 26.0 Å². The van der Waals surface area contributed by atoms with E-state index in [9.17, 15) is 14.4 Å². The molecule has 1 amide bonds. The Labute approximate surface area is 164 Å². The molecule has 0 aliphatic heterocycles. The highest BCUT2D eigenvalue weighted by Gasteiger charge is 2.11. The van der Waals surface area contributed by atoms with Crippen LogP contribution in [0.1, 0.15) is 36.2 Å². The van der Waals surface area contributed by atoms with Gasteiger partial charge in [0.1, 0.15) is 5.75 Å². The summed E-state index contributed by atoms with van der Waals surface area (Å²) in [7, 11) is 0. The number of rotatable bonds is 9. The molecule has 0 fully saturated rings. The van der Waals surface area contributed by atoms with Gasteiger partial charge in [-0.15, -0.1) is 0 Å². The number of nitrogens with one attached hydrogen (secondary N) is 1. The second kappa shape index (κ2) is 10.3. The van der Waals surface area contributed by atoms with Crippen LogP contribution < -0.4 is 10.1 Å². The number of anilines is 1. The molecule has 2 rings (SSSR count). The number of ketones is 1. The molecule has 0 aliphatic carbocycles. The minimum absolute atomic E-state index is 0.0726. The quantitative estimate of drug-likeness (QED) is 0.526. The molecule has 6 nitrogen and oxygen atoms in total. The van der Waals surface area contributed by atoms with Gasteiger partial charge < -0.3 is 14.8 Å². The number of carbonyl (C=O) groups is 3. The van der Waals surface area contributed by atoms with Crippen molar-refractivity contribution < 1.29 is 23.9 Å². The Bertz CT molecular complexity index is 827. The van der Waals surface area contributed by atoms with Crippen LogP contribution in [0, 0.1) is 12.8 Å². The summed E-state index contributed by atoms with van der Waals surface area (Å²) in [6.45, 7) is 5.22. The number of esters is 1. The van der Waals surface area contributed by atoms with Crippen LogP contribution >= 0.6 is 0 Å². The first-order valence-corrected chi connectivity index (χ1v) is 9.11. The van der Waals surface area contributed by atoms with Crippen LogP contribution in [0.2, 0.25) is 0 Å². The van der Waals surface area contributed by atoms with Gasteiger partial charge in [0.25, 0.3) is 0 Å². The molecule has 0 atom stereocenters. The van der Waals surface area contributed by atoms with E-state index in [2.05, 4.69) is 5.32 Å². The van der Waals surface area contributed by atoms with E-state index in [0.717, 1.165) is 5.56 Å². The van der Waals surface area contributed by atoms with Crippen molar-refractivity contribution in [3.05, 3.63) is 59.7 Å². The lowest BCUT2D eigenvalue weighted by Gasteiger charge is -2.09. The number of carbonyl (C=O) groups excluding carboxylic acids is 3. The molecule has 2 aromatic carbocycles. The fraction of sp³-hybridized carbons (Fsp3) is 0.318. The Hall–Kier alpha value is -3.15. The Morgan fingerprint density at radius 1 is 1.00 bits per heavy atom. The maximum Gasteiger partial charge on any atom is 0.344 e. The lowest BCUT2D eigenvalue weighted by molar-refractivity contribution is -0.144. The van der Waals surface area contributed by atoms with Crippen molar-refractivity contribution in [1.82, 2.24) is 0 Å². The zero-order valence-electron chi connectivity index (χ0n) is 16.4. The van der Waals surface area contributed by atoms with Gasteiger partial charge in [0, 0.05) is 17.7 Å². The molecule has 0 aromatic heterocycles. The standard InChI is InChI=1S/C22H25NO5/c1-15(2)11-21(25)23-18-9-7-17(8-10-18)20(24)13-28-22(26)14-27-19-6-4-5-16(3)12-19/h4-10,12,15H,11,13-14H2,1-3H3,(H,23,25). The molecule has 2 aromatic rings. The number of hydrogen-bond donors (Lipinski definition) is 1. The largest absolute Gasteiger partial charge is 0.482 e. The third-order valence-corrected chi connectivity index (χ3v) is 3.79. The van der Waals surface area contributed by atoms with E-state index in [1.54, 1.807) is 36.4 Å². The van der Waals surface area contributed by atoms with Crippen LogP contribution in [0.15, 0.2) is 48.5 Å². The monoisotopic (exact) mass is 383 g/mol. The van der Waals surface area contributed by atoms with Crippen molar-refractivity contribution in [1.29, 1.82) is 0 Å². The third kappa shape index (κ3) is 7.23. The molecule has 1 N–H and O–H groups in total. The van der Waals surface area contributed by atoms with Crippen molar-refractivity contribution in [3.8, 4) is 5.75 Å². The van der Waals surface area contributed by atoms with Gasteiger partial charge in [0.05, 0.1) is 0 Å². The molecule has 0 aliphatic rings. The summed E-state index contributed by atoms with van der Waals surface area (Å²) in [5, 5.41) is 2.77. The number of amides is 1. The van der Waals surface area contributed by atoms with Crippen LogP contribution in [0.25, 0.3) is 0 Å². The molecule has 0 unspecified atom stereocenters. The molecule has 0 spiro atoms. The van der Waals surface area contributed by atoms with Gasteiger partial charge in [-0.25, -0.2) is 4.79 Å². The third-order valence-electron chi connectivity index (χ3n) is 3.79. The van der Waals surface area contributed by atoms with Crippen molar-refractivity contribution in [2.75, 3.05) is 18.5 Å². The van der Waals surface area contributed by atoms with E-state index in [4.69, 9.17) is 9.47 Å². The normalized spacial score (nSPS) is 10.4. The fourth-order valence-electron chi connectivity index (χ4n) is 2.44. The molecule has 0 saturated carbocycles. The van der Waals surface area contributed by atoms with Gasteiger partial charge in [0.15, 0.2) is 19.0 Å². The van der Waals surface area contributed by atoms with E-state index in [1.165, 1.54) is 0 Å². The van der Waals surface area contributed by atoms with Crippen LogP contribution in [0.4, 0.5) is 5.69 Å². The van der Waals surface area contributed by atoms with Crippen LogP contribution in [-0.2, 0) is 14.3 Å². The lowest BCUT2D eigenvalue weighted by Crippen LogP contribution is -2.19. The number of hydrogen-bond acceptors (Lipinski definition) is 5. The molecule has 0 radical (unpaired) electrons. The van der Waals surface area contributed by atoms with Crippen molar-refractivity contribution in [3.63, 3.8) is 0 Å². The van der Waals surface area contributed by atoms with Gasteiger partial charge in [0.2, 0.25) is 5.91 Å². The maximum absolute atomic E-state index is 12.1. The number of benzene rings is 2. The molecule has 6 heteroatoms. The fourth-order valence-corrected chi connectivity index (χ4v) is 2.44. The van der Waals surface area contributed by atoms with Gasteiger partial charge in [-0.05, 0) is 54.8 Å². The molecular formula is C22H25NO5. The topological polar surface area (TPSA) is 81.7 Å². The molecule has 0 bridgehead atoms. The Morgan fingerprint density at radius 3 is 2.36 bits per heavy atom. The average molecular weight is 383 g/mol. The predicted octanol–water partition coefficient (Wildman–Crippen LogP) is 3.78. The van der Waals surface area contributed by atoms with E-state index < -0.39 is 5.97 Å². The van der Waals surface area contributed by atoms with Crippen molar-refractivity contribution >= 4 is 23.3 Å². The molecule has 0 saturated heterocycles. The molecule has 148 valence electrons. The number of ether oxygens (including phenoxy) is 2. The first kappa shape index (κ1) is 21.2. The van der Waals surface area contributed by atoms with Crippen LogP contribution in [0.3, 0.4) is 0 Å². The summed E-state index contributed by atoms with van der Waals surface area (Å²) in [6.07, 6.45) is 0.432. The van der Waals surface area contributed by atoms with Gasteiger partial charge in [-0.3, -0.25) is 9.59 Å². The number of aryl methyl sites for hydroxylation is 1. The second-order valence-electron chi connectivity index (χ2n) is 6.91. The van der Waals surface area contributed by atoms with E-state index in [-0.39, 0.29) is 30.8 Å². The van der Waals surface area contributed by atoms with Crippen LogP contribution in [-0.4, -0.2) is 30.9 Å². The summed E-state index contributed by atoms with van der Waals surface area (Å²) < 4.78 is 10.3. The Morgan fingerprint density at radius 2 is 1.71 bits per heavy atom.